The van der Waals surface area contributed by atoms with Gasteiger partial charge in [-0.15, -0.1) is 5.10 Å². The Balaban J connectivity index is 0.000000650. The lowest BCUT2D eigenvalue weighted by molar-refractivity contribution is -0.141. The predicted molar refractivity (Wildman–Crippen MR) is 238 cm³/mol. The van der Waals surface area contributed by atoms with Crippen LogP contribution in [0.2, 0.25) is 0 Å². The molecule has 1 aromatic heterocycles. The third-order valence-electron chi connectivity index (χ3n) is 15.0. The smallest absolute Gasteiger partial charge is 0.304 e. The predicted octanol–water partition coefficient (Wildman–Crippen LogP) is 8.33. The number of Topliss-reactive ketones (excluding diaryl/α,β-unsaturated/α-hetero) is 1. The molecular formula is C48H78FN5O6. The van der Waals surface area contributed by atoms with Crippen LogP contribution in [0.5, 0.6) is 0 Å². The Kier molecular flexibility index (Phi) is 18.0. The summed E-state index contributed by atoms with van der Waals surface area (Å²) >= 11 is 0. The number of aliphatic hydroxyl groups is 2. The number of allylic oxidation sites excluding steroid dienone is 1. The number of carbonyl (C=O) groups is 3. The fourth-order valence-electron chi connectivity index (χ4n) is 12.5. The van der Waals surface area contributed by atoms with E-state index >= 15 is 0 Å². The van der Waals surface area contributed by atoms with Crippen LogP contribution in [0.4, 0.5) is 4.39 Å². The second kappa shape index (κ2) is 21.1. The lowest BCUT2D eigenvalue weighted by atomic mass is 9.40. The number of carboxylic acid groups (broad SMARTS) is 1. The number of aliphatic carboxylic acids is 1. The van der Waals surface area contributed by atoms with E-state index < -0.39 is 28.7 Å². The number of carbonyl (C=O) groups excluding carboxylic acids is 2. The van der Waals surface area contributed by atoms with E-state index in [-0.39, 0.29) is 30.1 Å². The molecule has 12 heteroatoms. The van der Waals surface area contributed by atoms with Gasteiger partial charge in [0.1, 0.15) is 17.8 Å². The van der Waals surface area contributed by atoms with Gasteiger partial charge in [-0.1, -0.05) is 67.9 Å². The monoisotopic (exact) mass is 840 g/mol. The summed E-state index contributed by atoms with van der Waals surface area (Å²) in [6.07, 6.45) is 10.9. The van der Waals surface area contributed by atoms with E-state index in [9.17, 15) is 23.9 Å². The number of aldehydes is 1. The lowest BCUT2D eigenvalue weighted by Gasteiger charge is -2.64. The molecule has 0 bridgehead atoms. The summed E-state index contributed by atoms with van der Waals surface area (Å²) in [5.41, 5.74) is 2.14. The molecule has 9 atom stereocenters. The van der Waals surface area contributed by atoms with Gasteiger partial charge in [-0.25, -0.2) is 9.37 Å². The fourth-order valence-corrected chi connectivity index (χ4v) is 12.5. The molecule has 11 nitrogen and oxygen atoms in total. The molecule has 5 aliphatic carbocycles. The van der Waals surface area contributed by atoms with Gasteiger partial charge in [-0.2, -0.15) is 5.10 Å². The van der Waals surface area contributed by atoms with Crippen molar-refractivity contribution in [3.8, 4) is 0 Å². The molecule has 4 fully saturated rings. The number of halogens is 1. The molecular weight excluding hydrogens is 762 g/mol. The number of carboxylic acids is 1. The first-order valence-electron chi connectivity index (χ1n) is 22.4. The van der Waals surface area contributed by atoms with E-state index in [4.69, 9.17) is 10.2 Å². The molecule has 5 aliphatic rings. The highest BCUT2D eigenvalue weighted by atomic mass is 19.1. The zero-order valence-electron chi connectivity index (χ0n) is 38.9. The quantitative estimate of drug-likeness (QED) is 0.0816. The van der Waals surface area contributed by atoms with Gasteiger partial charge < -0.3 is 29.9 Å². The number of hydrogen-bond acceptors (Lipinski definition) is 9. The van der Waals surface area contributed by atoms with Crippen molar-refractivity contribution < 1.29 is 34.1 Å². The molecule has 0 radical (unpaired) electrons. The Morgan fingerprint density at radius 2 is 1.65 bits per heavy atom. The number of amidine groups is 1. The van der Waals surface area contributed by atoms with Crippen molar-refractivity contribution >= 4 is 30.6 Å². The summed E-state index contributed by atoms with van der Waals surface area (Å²) in [5, 5.41) is 36.0. The summed E-state index contributed by atoms with van der Waals surface area (Å²) in [4.78, 5) is 42.6. The first-order valence-corrected chi connectivity index (χ1v) is 22.4. The third kappa shape index (κ3) is 10.5. The summed E-state index contributed by atoms with van der Waals surface area (Å²) in [7, 11) is 5.02. The second-order valence-electron chi connectivity index (χ2n) is 19.7. The van der Waals surface area contributed by atoms with Crippen molar-refractivity contribution in [3.05, 3.63) is 41.0 Å². The van der Waals surface area contributed by atoms with E-state index in [0.29, 0.717) is 54.6 Å². The molecule has 0 aliphatic heterocycles. The van der Waals surface area contributed by atoms with Gasteiger partial charge in [0.05, 0.1) is 18.7 Å². The topological polar surface area (TPSA) is 156 Å². The van der Waals surface area contributed by atoms with Gasteiger partial charge >= 0.3 is 5.97 Å². The molecule has 60 heavy (non-hydrogen) atoms. The number of aromatic nitrogens is 1. The molecule has 9 unspecified atom stereocenters. The number of rotatable bonds is 12. The maximum Gasteiger partial charge on any atom is 0.304 e. The maximum atomic E-state index is 14.1. The summed E-state index contributed by atoms with van der Waals surface area (Å²) < 4.78 is 13.9. The number of hydrogen-bond donors (Lipinski definition) is 3. The molecule has 0 saturated heterocycles. The number of ketones is 1. The van der Waals surface area contributed by atoms with Gasteiger partial charge in [0.2, 0.25) is 0 Å². The van der Waals surface area contributed by atoms with Crippen LogP contribution in [0, 0.1) is 63.0 Å². The van der Waals surface area contributed by atoms with E-state index in [1.807, 2.05) is 32.8 Å². The minimum Gasteiger partial charge on any atom is -0.481 e. The lowest BCUT2D eigenvalue weighted by Crippen LogP contribution is -2.58. The highest BCUT2D eigenvalue weighted by Gasteiger charge is 2.65. The average molecular weight is 840 g/mol. The van der Waals surface area contributed by atoms with Crippen molar-refractivity contribution in [2.45, 2.75) is 133 Å². The van der Waals surface area contributed by atoms with Gasteiger partial charge in [0.25, 0.3) is 0 Å². The first-order chi connectivity index (χ1) is 28.2. The summed E-state index contributed by atoms with van der Waals surface area (Å²) in [6.45, 7) is 24.4. The van der Waals surface area contributed by atoms with Crippen LogP contribution in [-0.2, 0) is 14.4 Å². The number of aliphatic hydroxyl groups excluding tert-OH is 2. The van der Waals surface area contributed by atoms with Crippen molar-refractivity contribution in [1.29, 1.82) is 0 Å². The molecule has 3 N–H and O–H groups in total. The Morgan fingerprint density at radius 1 is 1.03 bits per heavy atom. The first kappa shape index (κ1) is 51.0. The Morgan fingerprint density at radius 3 is 2.18 bits per heavy atom. The summed E-state index contributed by atoms with van der Waals surface area (Å²) in [5.74, 6) is 2.70. The van der Waals surface area contributed by atoms with Crippen LogP contribution in [-0.4, -0.2) is 108 Å². The molecule has 4 saturated carbocycles. The van der Waals surface area contributed by atoms with Gasteiger partial charge in [-0.3, -0.25) is 9.59 Å². The largest absolute Gasteiger partial charge is 0.481 e. The summed E-state index contributed by atoms with van der Waals surface area (Å²) in [6, 6.07) is 2.96. The molecule has 6 rings (SSSR count). The SMILES string of the molecule is C=N/N=C(/c1ccc(F)cn1)N(CCN(C)C)CC(O)C12CCC3C(CCC4C5(C)CCC(C)C5CCC34C)C1=C(C(C)C)C(=O)C2.CC.CC(C)(C=O)CC(=O)O.CO. The van der Waals surface area contributed by atoms with Crippen molar-refractivity contribution in [3.63, 3.8) is 0 Å². The van der Waals surface area contributed by atoms with Gasteiger partial charge in [0.15, 0.2) is 11.6 Å². The normalized spacial score (nSPS) is 31.2. The number of fused-ring (bicyclic) bond motifs is 7. The Labute approximate surface area is 360 Å². The van der Waals surface area contributed by atoms with E-state index in [1.165, 1.54) is 49.9 Å². The maximum absolute atomic E-state index is 14.1. The highest BCUT2D eigenvalue weighted by Crippen LogP contribution is 2.72. The van der Waals surface area contributed by atoms with Crippen LogP contribution in [0.1, 0.15) is 132 Å². The van der Waals surface area contributed by atoms with Crippen LogP contribution in [0.25, 0.3) is 0 Å². The van der Waals surface area contributed by atoms with Crippen molar-refractivity contribution in [2.75, 3.05) is 40.8 Å². The van der Waals surface area contributed by atoms with Crippen LogP contribution >= 0.6 is 0 Å². The van der Waals surface area contributed by atoms with Gasteiger partial charge in [0, 0.05) is 50.7 Å². The van der Waals surface area contributed by atoms with Crippen molar-refractivity contribution in [1.82, 2.24) is 14.8 Å². The fraction of sp³-hybridized carbons (Fsp3) is 0.750. The zero-order valence-corrected chi connectivity index (χ0v) is 38.9. The minimum absolute atomic E-state index is 0.101. The Hall–Kier alpha value is -3.35. The highest BCUT2D eigenvalue weighted by molar-refractivity contribution is 6.01. The average Bonchev–Trinajstić information content (AvgIpc) is 3.69. The molecule has 0 spiro atoms. The molecule has 0 aromatic carbocycles. The molecule has 1 heterocycles. The number of nitrogens with zero attached hydrogens (tertiary/aromatic N) is 5. The molecule has 338 valence electrons. The molecule has 0 amide bonds. The van der Waals surface area contributed by atoms with Crippen LogP contribution in [0.3, 0.4) is 0 Å². The second-order valence-corrected chi connectivity index (χ2v) is 19.7. The van der Waals surface area contributed by atoms with Crippen molar-refractivity contribution in [2.24, 2.45) is 67.4 Å². The minimum atomic E-state index is -0.938. The number of likely N-dealkylation sites (N-methyl/N-ethyl adjacent to an activating group) is 1. The van der Waals surface area contributed by atoms with Gasteiger partial charge in [-0.05, 0) is 130 Å². The number of pyridine rings is 1. The third-order valence-corrected chi connectivity index (χ3v) is 15.0. The van der Waals surface area contributed by atoms with E-state index in [0.717, 1.165) is 49.7 Å². The molecule has 1 aromatic rings. The van der Waals surface area contributed by atoms with E-state index in [2.05, 4.69) is 61.4 Å². The Bertz CT molecular complexity index is 1700. The van der Waals surface area contributed by atoms with Crippen LogP contribution in [0.15, 0.2) is 39.7 Å². The van der Waals surface area contributed by atoms with Crippen LogP contribution < -0.4 is 0 Å². The zero-order chi connectivity index (χ0) is 45.4. The van der Waals surface area contributed by atoms with E-state index in [1.54, 1.807) is 19.9 Å². The standard InChI is InChI=1S/C39H58FN5O2.C6H10O3.C2H6.CH4O/c1-24(2)34-31(46)21-39(33(47)23-45(20-19-44(7)8)36(43-41-6)30-11-9-26(40)22-42-30)18-15-29-27(35(34)39)10-12-32-37(4)16-13-25(3)28(37)14-17-38(29,32)5;1-6(2,4-7)3-5(8)9;2*1-2/h9,11,22,24-25,27-29,32-33,47H,6,10,12-21,23H2,1-5,7-8H3;4H,3H2,1-2H3,(H,8,9);1-2H3;2H,1H3/b43-36-;;;.